The van der Waals surface area contributed by atoms with Crippen LogP contribution in [0.3, 0.4) is 0 Å². The summed E-state index contributed by atoms with van der Waals surface area (Å²) in [5.41, 5.74) is 5.11. The van der Waals surface area contributed by atoms with Crippen molar-refractivity contribution in [3.63, 3.8) is 0 Å². The second-order valence-electron chi connectivity index (χ2n) is 14.7. The van der Waals surface area contributed by atoms with Crippen molar-refractivity contribution in [1.82, 2.24) is 20.2 Å². The topological polar surface area (TPSA) is 112 Å². The SMILES string of the molecule is CCC1CCC(c2ccc(-c3cnc(-c4ccc(CC(NC(=O)c5ccc(C(C)(C)C)s5)C(=O)N5CC(C(=O)O)C5)cc4)nc3)cc2)CC1. The van der Waals surface area contributed by atoms with Crippen LogP contribution >= 0.6 is 11.3 Å². The normalized spacial score (nSPS) is 18.8. The highest BCUT2D eigenvalue weighted by Gasteiger charge is 2.39. The average molecular weight is 679 g/mol. The molecule has 4 aromatic rings. The molecule has 1 aliphatic heterocycles. The Morgan fingerprint density at radius 2 is 1.51 bits per heavy atom. The smallest absolute Gasteiger partial charge is 0.310 e. The summed E-state index contributed by atoms with van der Waals surface area (Å²) >= 11 is 1.42. The van der Waals surface area contributed by atoms with Crippen LogP contribution < -0.4 is 5.32 Å². The fraction of sp³-hybridized carbons (Fsp3) is 0.425. The van der Waals surface area contributed by atoms with Crippen molar-refractivity contribution in [2.75, 3.05) is 13.1 Å². The van der Waals surface area contributed by atoms with Gasteiger partial charge < -0.3 is 15.3 Å². The Morgan fingerprint density at radius 3 is 2.08 bits per heavy atom. The van der Waals surface area contributed by atoms with Crippen LogP contribution in [-0.4, -0.2) is 56.9 Å². The van der Waals surface area contributed by atoms with E-state index in [1.807, 2.05) is 42.7 Å². The van der Waals surface area contributed by atoms with Crippen LogP contribution in [0.1, 0.15) is 91.4 Å². The molecule has 0 radical (unpaired) electrons. The quantitative estimate of drug-likeness (QED) is 0.178. The first-order chi connectivity index (χ1) is 23.5. The van der Waals surface area contributed by atoms with Crippen molar-refractivity contribution in [2.24, 2.45) is 11.8 Å². The van der Waals surface area contributed by atoms with Gasteiger partial charge in [0.25, 0.3) is 5.91 Å². The third-order valence-electron chi connectivity index (χ3n) is 10.2. The number of amides is 2. The number of carbonyl (C=O) groups is 3. The first-order valence-electron chi connectivity index (χ1n) is 17.4. The summed E-state index contributed by atoms with van der Waals surface area (Å²) < 4.78 is 0. The summed E-state index contributed by atoms with van der Waals surface area (Å²) in [6, 6.07) is 19.5. The fourth-order valence-corrected chi connectivity index (χ4v) is 7.80. The molecule has 3 heterocycles. The van der Waals surface area contributed by atoms with Crippen LogP contribution in [0, 0.1) is 11.8 Å². The maximum atomic E-state index is 13.5. The molecular weight excluding hydrogens is 633 g/mol. The van der Waals surface area contributed by atoms with Crippen LogP contribution in [0.2, 0.25) is 0 Å². The molecule has 2 fully saturated rings. The minimum atomic E-state index is -0.915. The van der Waals surface area contributed by atoms with Crippen molar-refractivity contribution >= 4 is 29.1 Å². The van der Waals surface area contributed by atoms with Crippen molar-refractivity contribution in [1.29, 1.82) is 0 Å². The number of likely N-dealkylation sites (tertiary alicyclic amines) is 1. The molecule has 6 rings (SSSR count). The number of hydrogen-bond acceptors (Lipinski definition) is 6. The van der Waals surface area contributed by atoms with E-state index in [0.29, 0.717) is 16.6 Å². The van der Waals surface area contributed by atoms with E-state index in [2.05, 4.69) is 67.2 Å². The number of aliphatic carboxylic acids is 1. The van der Waals surface area contributed by atoms with E-state index in [1.54, 1.807) is 6.07 Å². The van der Waals surface area contributed by atoms with E-state index in [0.717, 1.165) is 33.0 Å². The number of rotatable bonds is 10. The van der Waals surface area contributed by atoms with E-state index >= 15 is 0 Å². The van der Waals surface area contributed by atoms with Crippen molar-refractivity contribution < 1.29 is 19.5 Å². The van der Waals surface area contributed by atoms with Gasteiger partial charge in [0.1, 0.15) is 6.04 Å². The third-order valence-corrected chi connectivity index (χ3v) is 11.7. The Hall–Kier alpha value is -4.37. The zero-order valence-corrected chi connectivity index (χ0v) is 29.6. The minimum Gasteiger partial charge on any atom is -0.481 e. The van der Waals surface area contributed by atoms with Crippen LogP contribution in [0.4, 0.5) is 0 Å². The highest BCUT2D eigenvalue weighted by Crippen LogP contribution is 2.37. The predicted octanol–water partition coefficient (Wildman–Crippen LogP) is 7.74. The molecule has 8 nitrogen and oxygen atoms in total. The molecule has 0 bridgehead atoms. The van der Waals surface area contributed by atoms with Gasteiger partial charge in [0.15, 0.2) is 5.82 Å². The summed E-state index contributed by atoms with van der Waals surface area (Å²) in [4.78, 5) is 50.6. The van der Waals surface area contributed by atoms with Gasteiger partial charge in [-0.25, -0.2) is 9.97 Å². The lowest BCUT2D eigenvalue weighted by molar-refractivity contribution is -0.153. The van der Waals surface area contributed by atoms with Gasteiger partial charge in [0.05, 0.1) is 10.8 Å². The van der Waals surface area contributed by atoms with Gasteiger partial charge >= 0.3 is 5.97 Å². The lowest BCUT2D eigenvalue weighted by Crippen LogP contribution is -2.59. The Bertz CT molecular complexity index is 1760. The highest BCUT2D eigenvalue weighted by atomic mass is 32.1. The number of nitrogens with zero attached hydrogens (tertiary/aromatic N) is 3. The van der Waals surface area contributed by atoms with Crippen molar-refractivity contribution in [2.45, 2.75) is 83.6 Å². The van der Waals surface area contributed by atoms with Crippen molar-refractivity contribution in [3.8, 4) is 22.5 Å². The van der Waals surface area contributed by atoms with Crippen molar-refractivity contribution in [3.05, 3.63) is 93.9 Å². The molecule has 1 saturated carbocycles. The number of aromatic nitrogens is 2. The summed E-state index contributed by atoms with van der Waals surface area (Å²) in [6.45, 7) is 8.87. The summed E-state index contributed by atoms with van der Waals surface area (Å²) in [7, 11) is 0. The number of benzene rings is 2. The molecule has 9 heteroatoms. The van der Waals surface area contributed by atoms with Crippen LogP contribution in [-0.2, 0) is 21.4 Å². The molecular formula is C40H46N4O4S. The molecule has 49 heavy (non-hydrogen) atoms. The molecule has 2 aromatic carbocycles. The second-order valence-corrected chi connectivity index (χ2v) is 15.7. The van der Waals surface area contributed by atoms with Crippen LogP contribution in [0.15, 0.2) is 73.1 Å². The zero-order valence-electron chi connectivity index (χ0n) is 28.8. The molecule has 1 unspecified atom stereocenters. The predicted molar refractivity (Wildman–Crippen MR) is 194 cm³/mol. The number of nitrogens with one attached hydrogen (secondary N) is 1. The van der Waals surface area contributed by atoms with Gasteiger partial charge in [-0.3, -0.25) is 14.4 Å². The largest absolute Gasteiger partial charge is 0.481 e. The van der Waals surface area contributed by atoms with E-state index in [1.165, 1.54) is 53.9 Å². The molecule has 2 aliphatic rings. The first kappa shape index (κ1) is 34.5. The summed E-state index contributed by atoms with van der Waals surface area (Å²) in [6.07, 6.45) is 10.5. The summed E-state index contributed by atoms with van der Waals surface area (Å²) in [5, 5.41) is 12.3. The van der Waals surface area contributed by atoms with Gasteiger partial charge in [-0.2, -0.15) is 0 Å². The second kappa shape index (κ2) is 14.6. The molecule has 256 valence electrons. The number of carbonyl (C=O) groups excluding carboxylic acids is 2. The standard InChI is InChI=1S/C40H46N4O4S/c1-5-25-6-10-27(11-7-25)28-14-16-29(17-15-28)31-21-41-36(42-22-31)30-12-8-26(9-13-30)20-33(38(46)44-23-32(24-44)39(47)48)43-37(45)34-18-19-35(49-34)40(2,3)4/h8-9,12-19,21-22,25,27,32-33H,5-7,10-11,20,23-24H2,1-4H3,(H,43,45)(H,47,48). The summed E-state index contributed by atoms with van der Waals surface area (Å²) in [5.74, 6) is 0.0691. The van der Waals surface area contributed by atoms with Gasteiger partial charge in [-0.1, -0.05) is 82.6 Å². The van der Waals surface area contributed by atoms with E-state index in [9.17, 15) is 19.5 Å². The number of carboxylic acid groups (broad SMARTS) is 1. The van der Waals surface area contributed by atoms with E-state index in [-0.39, 0.29) is 36.7 Å². The van der Waals surface area contributed by atoms with Gasteiger partial charge in [-0.05, 0) is 71.8 Å². The Labute approximate surface area is 293 Å². The van der Waals surface area contributed by atoms with Gasteiger partial charge in [0.2, 0.25) is 5.91 Å². The lowest BCUT2D eigenvalue weighted by Gasteiger charge is -2.38. The number of hydrogen-bond donors (Lipinski definition) is 2. The Balaban J connectivity index is 1.11. The van der Waals surface area contributed by atoms with Crippen LogP contribution in [0.5, 0.6) is 0 Å². The van der Waals surface area contributed by atoms with E-state index in [4.69, 9.17) is 0 Å². The van der Waals surface area contributed by atoms with Gasteiger partial charge in [-0.15, -0.1) is 11.3 Å². The Morgan fingerprint density at radius 1 is 0.878 bits per heavy atom. The van der Waals surface area contributed by atoms with Crippen LogP contribution in [0.25, 0.3) is 22.5 Å². The molecule has 0 spiro atoms. The number of carboxylic acids is 1. The zero-order chi connectivity index (χ0) is 34.7. The monoisotopic (exact) mass is 678 g/mol. The van der Waals surface area contributed by atoms with Gasteiger partial charge in [0, 0.05) is 47.9 Å². The molecule has 2 N–H and O–H groups in total. The highest BCUT2D eigenvalue weighted by molar-refractivity contribution is 7.14. The molecule has 1 saturated heterocycles. The minimum absolute atomic E-state index is 0.0911. The fourth-order valence-electron chi connectivity index (χ4n) is 6.83. The van der Waals surface area contributed by atoms with E-state index < -0.39 is 17.9 Å². The Kier molecular flexibility index (Phi) is 10.3. The molecule has 1 atom stereocenters. The maximum Gasteiger partial charge on any atom is 0.310 e. The third kappa shape index (κ3) is 8.10. The first-order valence-corrected chi connectivity index (χ1v) is 18.2. The molecule has 2 amide bonds. The number of thiophene rings is 1. The molecule has 2 aromatic heterocycles. The maximum absolute atomic E-state index is 13.5. The average Bonchev–Trinajstić information content (AvgIpc) is 3.60. The lowest BCUT2D eigenvalue weighted by atomic mass is 9.78. The molecule has 1 aliphatic carbocycles.